The molecular weight excluding hydrogens is 286 g/mol. The lowest BCUT2D eigenvalue weighted by Crippen LogP contribution is -2.41. The maximum atomic E-state index is 11.8. The lowest BCUT2D eigenvalue weighted by Gasteiger charge is -2.28. The first-order chi connectivity index (χ1) is 10.7. The molecule has 0 aromatic heterocycles. The molecule has 1 aliphatic heterocycles. The molecule has 1 atom stereocenters. The first kappa shape index (κ1) is 16.3. The van der Waals surface area contributed by atoms with E-state index in [0.717, 1.165) is 11.4 Å². The lowest BCUT2D eigenvalue weighted by atomic mass is 10.2. The number of rotatable bonds is 7. The first-order valence-corrected chi connectivity index (χ1v) is 7.14. The molecule has 0 spiro atoms. The number of carbonyl (C=O) groups is 2. The number of carbonyl (C=O) groups excluding carboxylic acids is 2. The van der Waals surface area contributed by atoms with E-state index in [-0.39, 0.29) is 25.2 Å². The molecule has 22 heavy (non-hydrogen) atoms. The van der Waals surface area contributed by atoms with Crippen LogP contribution >= 0.6 is 0 Å². The minimum absolute atomic E-state index is 0.0325. The Morgan fingerprint density at radius 1 is 1.45 bits per heavy atom. The Kier molecular flexibility index (Phi) is 5.74. The lowest BCUT2D eigenvalue weighted by molar-refractivity contribution is -0.132. The highest BCUT2D eigenvalue weighted by Crippen LogP contribution is 2.21. The summed E-state index contributed by atoms with van der Waals surface area (Å²) in [6.45, 7) is 2.43. The van der Waals surface area contributed by atoms with Gasteiger partial charge >= 0.3 is 0 Å². The molecule has 1 fully saturated rings. The van der Waals surface area contributed by atoms with Gasteiger partial charge in [-0.15, -0.1) is 0 Å². The van der Waals surface area contributed by atoms with Gasteiger partial charge in [-0.1, -0.05) is 0 Å². The highest BCUT2D eigenvalue weighted by molar-refractivity contribution is 5.95. The van der Waals surface area contributed by atoms with Crippen LogP contribution in [0.5, 0.6) is 0 Å². The van der Waals surface area contributed by atoms with E-state index in [2.05, 4.69) is 0 Å². The van der Waals surface area contributed by atoms with Crippen molar-refractivity contribution in [2.45, 2.75) is 6.10 Å². The molecule has 2 N–H and O–H groups in total. The van der Waals surface area contributed by atoms with Crippen molar-refractivity contribution in [3.05, 3.63) is 24.3 Å². The number of hydrogen-bond donors (Lipinski definition) is 1. The zero-order valence-corrected chi connectivity index (χ0v) is 12.6. The molecule has 120 valence electrons. The average Bonchev–Trinajstić information content (AvgIpc) is 2.55. The first-order valence-electron chi connectivity index (χ1n) is 7.14. The number of likely N-dealkylation sites (N-methyl/N-ethyl adjacent to an activating group) is 1. The summed E-state index contributed by atoms with van der Waals surface area (Å²) in [6.07, 6.45) is -0.344. The Morgan fingerprint density at radius 2 is 2.18 bits per heavy atom. The summed E-state index contributed by atoms with van der Waals surface area (Å²) in [4.78, 5) is 25.9. The monoisotopic (exact) mass is 307 g/mol. The number of benzene rings is 1. The fraction of sp³-hybridized carbons (Fsp3) is 0.467. The van der Waals surface area contributed by atoms with Crippen LogP contribution in [0.4, 0.5) is 11.4 Å². The van der Waals surface area contributed by atoms with Gasteiger partial charge in [-0.2, -0.15) is 0 Å². The van der Waals surface area contributed by atoms with E-state index < -0.39 is 0 Å². The van der Waals surface area contributed by atoms with E-state index in [9.17, 15) is 9.59 Å². The summed E-state index contributed by atoms with van der Waals surface area (Å²) in [5, 5.41) is 0. The zero-order valence-electron chi connectivity index (χ0n) is 12.6. The van der Waals surface area contributed by atoms with Gasteiger partial charge in [-0.3, -0.25) is 9.59 Å². The number of amides is 1. The second kappa shape index (κ2) is 7.77. The molecule has 1 amide bonds. The third-order valence-corrected chi connectivity index (χ3v) is 3.58. The number of morpholine rings is 1. The van der Waals surface area contributed by atoms with Gasteiger partial charge in [-0.05, 0) is 24.3 Å². The highest BCUT2D eigenvalue weighted by atomic mass is 16.5. The Labute approximate surface area is 129 Å². The van der Waals surface area contributed by atoms with Crippen LogP contribution in [0.15, 0.2) is 24.3 Å². The molecule has 7 heteroatoms. The smallest absolute Gasteiger partial charge is 0.293 e. The van der Waals surface area contributed by atoms with Gasteiger partial charge in [0.15, 0.2) is 0 Å². The SMILES string of the molecule is CN(C[C@H](CN)OC=O)c1ccc(N2CCOCC2=O)cc1. The molecule has 2 rings (SSSR count). The molecule has 1 aromatic carbocycles. The standard InChI is InChI=1S/C15H21N3O4/c1-17(9-14(8-16)22-11-19)12-2-4-13(5-3-12)18-6-7-21-10-15(18)20/h2-5,11,14H,6-10,16H2,1H3/t14-/m0/s1. The van der Waals surface area contributed by atoms with Gasteiger partial charge < -0.3 is 25.0 Å². The Morgan fingerprint density at radius 3 is 2.77 bits per heavy atom. The van der Waals surface area contributed by atoms with E-state index in [4.69, 9.17) is 15.2 Å². The summed E-state index contributed by atoms with van der Waals surface area (Å²) in [7, 11) is 1.89. The third-order valence-electron chi connectivity index (χ3n) is 3.58. The zero-order chi connectivity index (χ0) is 15.9. The van der Waals surface area contributed by atoms with Crippen LogP contribution in [-0.4, -0.2) is 58.4 Å². The van der Waals surface area contributed by atoms with Crippen molar-refractivity contribution in [2.24, 2.45) is 5.73 Å². The van der Waals surface area contributed by atoms with Crippen molar-refractivity contribution in [1.82, 2.24) is 0 Å². The van der Waals surface area contributed by atoms with Crippen molar-refractivity contribution in [1.29, 1.82) is 0 Å². The van der Waals surface area contributed by atoms with E-state index >= 15 is 0 Å². The second-order valence-electron chi connectivity index (χ2n) is 5.08. The molecule has 0 saturated carbocycles. The van der Waals surface area contributed by atoms with Crippen LogP contribution in [0.3, 0.4) is 0 Å². The summed E-state index contributed by atoms with van der Waals surface area (Å²) in [6, 6.07) is 7.64. The maximum Gasteiger partial charge on any atom is 0.293 e. The number of ether oxygens (including phenoxy) is 2. The van der Waals surface area contributed by atoms with E-state index in [1.165, 1.54) is 0 Å². The van der Waals surface area contributed by atoms with Crippen molar-refractivity contribution in [2.75, 3.05) is 49.7 Å². The normalized spacial score (nSPS) is 16.3. The van der Waals surface area contributed by atoms with Gasteiger partial charge in [-0.25, -0.2) is 0 Å². The molecule has 0 radical (unpaired) electrons. The summed E-state index contributed by atoms with van der Waals surface area (Å²) in [5.74, 6) is -0.0325. The third kappa shape index (κ3) is 3.96. The van der Waals surface area contributed by atoms with Gasteiger partial charge in [0.1, 0.15) is 12.7 Å². The molecule has 1 saturated heterocycles. The van der Waals surface area contributed by atoms with Crippen LogP contribution in [0.2, 0.25) is 0 Å². The van der Waals surface area contributed by atoms with Crippen molar-refractivity contribution < 1.29 is 19.1 Å². The maximum absolute atomic E-state index is 11.8. The molecule has 1 heterocycles. The largest absolute Gasteiger partial charge is 0.461 e. The second-order valence-corrected chi connectivity index (χ2v) is 5.08. The summed E-state index contributed by atoms with van der Waals surface area (Å²) < 4.78 is 10.0. The summed E-state index contributed by atoms with van der Waals surface area (Å²) >= 11 is 0. The molecule has 0 unspecified atom stereocenters. The summed E-state index contributed by atoms with van der Waals surface area (Å²) in [5.41, 5.74) is 7.36. The predicted molar refractivity (Wildman–Crippen MR) is 82.9 cm³/mol. The molecule has 7 nitrogen and oxygen atoms in total. The minimum atomic E-state index is -0.344. The van der Waals surface area contributed by atoms with Gasteiger partial charge in [0.05, 0.1) is 13.2 Å². The number of hydrogen-bond acceptors (Lipinski definition) is 6. The van der Waals surface area contributed by atoms with Crippen LogP contribution in [0.25, 0.3) is 0 Å². The fourth-order valence-corrected chi connectivity index (χ4v) is 2.34. The van der Waals surface area contributed by atoms with Crippen molar-refractivity contribution >= 4 is 23.8 Å². The van der Waals surface area contributed by atoms with Crippen molar-refractivity contribution in [3.63, 3.8) is 0 Å². The fourth-order valence-electron chi connectivity index (χ4n) is 2.34. The van der Waals surface area contributed by atoms with Crippen LogP contribution in [0, 0.1) is 0 Å². The number of anilines is 2. The van der Waals surface area contributed by atoms with Gasteiger partial charge in [0.2, 0.25) is 0 Å². The molecule has 0 bridgehead atoms. The van der Waals surface area contributed by atoms with Crippen LogP contribution < -0.4 is 15.5 Å². The minimum Gasteiger partial charge on any atom is -0.461 e. The van der Waals surface area contributed by atoms with E-state index in [1.807, 2.05) is 36.2 Å². The van der Waals surface area contributed by atoms with E-state index in [1.54, 1.807) is 4.90 Å². The quantitative estimate of drug-likeness (QED) is 0.713. The predicted octanol–water partition coefficient (Wildman–Crippen LogP) is -0.0137. The molecule has 1 aliphatic rings. The number of nitrogens with zero attached hydrogens (tertiary/aromatic N) is 2. The van der Waals surface area contributed by atoms with E-state index in [0.29, 0.717) is 26.2 Å². The number of nitrogens with two attached hydrogens (primary N) is 1. The topological polar surface area (TPSA) is 85.1 Å². The van der Waals surface area contributed by atoms with Gasteiger partial charge in [0.25, 0.3) is 12.4 Å². The molecule has 0 aliphatic carbocycles. The van der Waals surface area contributed by atoms with Gasteiger partial charge in [0, 0.05) is 31.5 Å². The molecule has 1 aromatic rings. The Hall–Kier alpha value is -2.12. The Bertz CT molecular complexity index is 506. The average molecular weight is 307 g/mol. The van der Waals surface area contributed by atoms with Crippen LogP contribution in [-0.2, 0) is 19.1 Å². The van der Waals surface area contributed by atoms with Crippen LogP contribution in [0.1, 0.15) is 0 Å². The highest BCUT2D eigenvalue weighted by Gasteiger charge is 2.20. The van der Waals surface area contributed by atoms with Crippen molar-refractivity contribution in [3.8, 4) is 0 Å². The Balaban J connectivity index is 2.01. The molecular formula is C15H21N3O4.